The molecule has 9 nitrogen and oxygen atoms in total. The Morgan fingerprint density at radius 3 is 2.36 bits per heavy atom. The van der Waals surface area contributed by atoms with Crippen LogP contribution >= 0.6 is 11.6 Å². The van der Waals surface area contributed by atoms with Crippen molar-refractivity contribution in [3.8, 4) is 11.5 Å². The van der Waals surface area contributed by atoms with Crippen LogP contribution in [0.3, 0.4) is 0 Å². The number of fused-ring (bicyclic) bond motifs is 1. The third kappa shape index (κ3) is 8.92. The lowest BCUT2D eigenvalue weighted by Gasteiger charge is -2.34. The molecule has 0 unspecified atom stereocenters. The fourth-order valence-electron chi connectivity index (χ4n) is 5.93. The van der Waals surface area contributed by atoms with Gasteiger partial charge in [0.2, 0.25) is 28.6 Å². The first-order chi connectivity index (χ1) is 21.7. The highest BCUT2D eigenvalue weighted by molar-refractivity contribution is 7.92. The number of hydrogen-bond donors (Lipinski definition) is 1. The highest BCUT2D eigenvalue weighted by atomic mass is 35.5. The Morgan fingerprint density at radius 2 is 1.64 bits per heavy atom. The lowest BCUT2D eigenvalue weighted by molar-refractivity contribution is -0.141. The summed E-state index contributed by atoms with van der Waals surface area (Å²) in [6, 6.07) is 21.2. The maximum absolute atomic E-state index is 14.1. The Labute approximate surface area is 270 Å². The Morgan fingerprint density at radius 1 is 0.933 bits per heavy atom. The van der Waals surface area contributed by atoms with Crippen molar-refractivity contribution in [2.45, 2.75) is 70.0 Å². The van der Waals surface area contributed by atoms with Gasteiger partial charge < -0.3 is 19.7 Å². The number of benzene rings is 3. The molecule has 2 amide bonds. The summed E-state index contributed by atoms with van der Waals surface area (Å²) in [6.07, 6.45) is 6.95. The van der Waals surface area contributed by atoms with Gasteiger partial charge in [0.1, 0.15) is 6.04 Å². The second-order valence-electron chi connectivity index (χ2n) is 11.7. The van der Waals surface area contributed by atoms with Crippen LogP contribution < -0.4 is 19.1 Å². The number of nitrogens with one attached hydrogen (secondary N) is 1. The van der Waals surface area contributed by atoms with E-state index >= 15 is 0 Å². The molecular weight excluding hydrogens is 614 g/mol. The van der Waals surface area contributed by atoms with Gasteiger partial charge in [0.15, 0.2) is 11.5 Å². The fraction of sp³-hybridized carbons (Fsp3) is 0.412. The monoisotopic (exact) mass is 653 g/mol. The van der Waals surface area contributed by atoms with Crippen molar-refractivity contribution < 1.29 is 27.5 Å². The number of hydrogen-bond acceptors (Lipinski definition) is 6. The van der Waals surface area contributed by atoms with Crippen molar-refractivity contribution in [2.75, 3.05) is 23.9 Å². The second kappa shape index (κ2) is 15.0. The van der Waals surface area contributed by atoms with Gasteiger partial charge in [0, 0.05) is 43.1 Å². The number of sulfonamides is 1. The standard InChI is InChI=1S/C34H40ClN3O6S/c1-45(41,42)38(29-18-19-31-32(22-29)44-24-43-31)20-8-13-33(39)37(23-26-14-16-27(35)17-15-26)30(21-25-9-4-2-5-10-25)34(40)36-28-11-6-3-7-12-28/h2,4-5,9-10,14-19,22,28,30H,3,6-8,11-13,20-21,23-24H2,1H3,(H,36,40)/t30-/m0/s1. The smallest absolute Gasteiger partial charge is 0.243 e. The van der Waals surface area contributed by atoms with E-state index in [0.717, 1.165) is 49.5 Å². The van der Waals surface area contributed by atoms with Gasteiger partial charge in [-0.25, -0.2) is 8.42 Å². The van der Waals surface area contributed by atoms with E-state index < -0.39 is 16.1 Å². The van der Waals surface area contributed by atoms with Crippen LogP contribution in [0.25, 0.3) is 0 Å². The van der Waals surface area contributed by atoms with E-state index in [0.29, 0.717) is 28.6 Å². The van der Waals surface area contributed by atoms with Gasteiger partial charge >= 0.3 is 0 Å². The van der Waals surface area contributed by atoms with Crippen molar-refractivity contribution in [3.05, 3.63) is 88.9 Å². The van der Waals surface area contributed by atoms with E-state index in [-0.39, 0.29) is 50.6 Å². The maximum atomic E-state index is 14.1. The average Bonchev–Trinajstić information content (AvgIpc) is 3.50. The molecule has 0 bridgehead atoms. The van der Waals surface area contributed by atoms with Crippen LogP contribution in [0.15, 0.2) is 72.8 Å². The highest BCUT2D eigenvalue weighted by Gasteiger charge is 2.32. The van der Waals surface area contributed by atoms with E-state index in [1.165, 1.54) is 4.31 Å². The molecular formula is C34H40ClN3O6S. The minimum Gasteiger partial charge on any atom is -0.454 e. The molecule has 1 N–H and O–H groups in total. The predicted molar refractivity (Wildman–Crippen MR) is 175 cm³/mol. The second-order valence-corrected chi connectivity index (χ2v) is 14.0. The minimum absolute atomic E-state index is 0.0478. The summed E-state index contributed by atoms with van der Waals surface area (Å²) in [6.45, 7) is 0.369. The third-order valence-corrected chi connectivity index (χ3v) is 9.73. The van der Waals surface area contributed by atoms with E-state index in [2.05, 4.69) is 5.32 Å². The normalized spacial score (nSPS) is 15.3. The molecule has 0 radical (unpaired) electrons. The van der Waals surface area contributed by atoms with E-state index in [1.807, 2.05) is 42.5 Å². The molecule has 240 valence electrons. The molecule has 0 saturated heterocycles. The summed E-state index contributed by atoms with van der Waals surface area (Å²) < 4.78 is 37.7. The molecule has 1 atom stereocenters. The van der Waals surface area contributed by atoms with Gasteiger partial charge in [0.05, 0.1) is 11.9 Å². The minimum atomic E-state index is -3.66. The van der Waals surface area contributed by atoms with Crippen LogP contribution in [0, 0.1) is 0 Å². The lowest BCUT2D eigenvalue weighted by Crippen LogP contribution is -2.52. The molecule has 1 fully saturated rings. The fourth-order valence-corrected chi connectivity index (χ4v) is 7.01. The van der Waals surface area contributed by atoms with Crippen LogP contribution in [0.5, 0.6) is 11.5 Å². The van der Waals surface area contributed by atoms with E-state index in [4.69, 9.17) is 21.1 Å². The number of rotatable bonds is 13. The first-order valence-electron chi connectivity index (χ1n) is 15.4. The van der Waals surface area contributed by atoms with Crippen molar-refractivity contribution in [2.24, 2.45) is 0 Å². The number of amides is 2. The average molecular weight is 654 g/mol. The zero-order chi connectivity index (χ0) is 31.8. The van der Waals surface area contributed by atoms with E-state index in [9.17, 15) is 18.0 Å². The molecule has 1 aliphatic heterocycles. The SMILES string of the molecule is CS(=O)(=O)N(CCCC(=O)N(Cc1ccc(Cl)cc1)[C@@H](Cc1ccccc1)C(=O)NC1CCCCC1)c1ccc2c(c1)OCO2. The first kappa shape index (κ1) is 32.6. The molecule has 11 heteroatoms. The largest absolute Gasteiger partial charge is 0.454 e. The van der Waals surface area contributed by atoms with Crippen molar-refractivity contribution in [1.29, 1.82) is 0 Å². The lowest BCUT2D eigenvalue weighted by atomic mass is 9.94. The van der Waals surface area contributed by atoms with Crippen LogP contribution in [0.2, 0.25) is 5.02 Å². The Hall–Kier alpha value is -3.76. The molecule has 5 rings (SSSR count). The molecule has 3 aromatic carbocycles. The van der Waals surface area contributed by atoms with Crippen molar-refractivity contribution in [1.82, 2.24) is 10.2 Å². The Balaban J connectivity index is 1.37. The topological polar surface area (TPSA) is 105 Å². The summed E-state index contributed by atoms with van der Waals surface area (Å²) in [7, 11) is -3.66. The number of carbonyl (C=O) groups excluding carboxylic acids is 2. The van der Waals surface area contributed by atoms with Crippen LogP contribution in [0.1, 0.15) is 56.1 Å². The van der Waals surface area contributed by atoms with Crippen LogP contribution in [-0.4, -0.2) is 56.8 Å². The first-order valence-corrected chi connectivity index (χ1v) is 17.7. The molecule has 1 saturated carbocycles. The molecule has 45 heavy (non-hydrogen) atoms. The zero-order valence-electron chi connectivity index (χ0n) is 25.5. The van der Waals surface area contributed by atoms with Crippen LogP contribution in [-0.2, 0) is 32.6 Å². The number of anilines is 1. The number of halogens is 1. The third-order valence-electron chi connectivity index (χ3n) is 8.29. The number of nitrogens with zero attached hydrogens (tertiary/aromatic N) is 2. The van der Waals surface area contributed by atoms with Gasteiger partial charge in [-0.15, -0.1) is 0 Å². The number of ether oxygens (including phenoxy) is 2. The molecule has 0 aromatic heterocycles. The highest BCUT2D eigenvalue weighted by Crippen LogP contribution is 2.36. The van der Waals surface area contributed by atoms with Crippen molar-refractivity contribution >= 4 is 39.1 Å². The summed E-state index contributed by atoms with van der Waals surface area (Å²) in [5.74, 6) is 0.616. The summed E-state index contributed by atoms with van der Waals surface area (Å²) >= 11 is 6.14. The molecule has 3 aromatic rings. The summed E-state index contributed by atoms with van der Waals surface area (Å²) in [5.41, 5.74) is 2.22. The van der Waals surface area contributed by atoms with Gasteiger partial charge in [0.25, 0.3) is 0 Å². The van der Waals surface area contributed by atoms with Gasteiger partial charge in [-0.2, -0.15) is 0 Å². The zero-order valence-corrected chi connectivity index (χ0v) is 27.1. The van der Waals surface area contributed by atoms with Gasteiger partial charge in [-0.3, -0.25) is 13.9 Å². The van der Waals surface area contributed by atoms with E-state index in [1.54, 1.807) is 35.2 Å². The van der Waals surface area contributed by atoms with Gasteiger partial charge in [-0.1, -0.05) is 73.3 Å². The van der Waals surface area contributed by atoms with Crippen LogP contribution in [0.4, 0.5) is 5.69 Å². The van der Waals surface area contributed by atoms with Gasteiger partial charge in [-0.05, 0) is 54.7 Å². The van der Waals surface area contributed by atoms with Crippen molar-refractivity contribution in [3.63, 3.8) is 0 Å². The number of carbonyl (C=O) groups is 2. The molecule has 2 aliphatic rings. The molecule has 0 spiro atoms. The predicted octanol–water partition coefficient (Wildman–Crippen LogP) is 5.70. The summed E-state index contributed by atoms with van der Waals surface area (Å²) in [4.78, 5) is 29.7. The summed E-state index contributed by atoms with van der Waals surface area (Å²) in [5, 5.41) is 3.82. The Kier molecular flexibility index (Phi) is 10.9. The Bertz CT molecular complexity index is 1560. The maximum Gasteiger partial charge on any atom is 0.243 e. The quantitative estimate of drug-likeness (QED) is 0.254. The molecule has 1 aliphatic carbocycles. The molecule has 1 heterocycles.